The van der Waals surface area contributed by atoms with Crippen LogP contribution in [0.2, 0.25) is 0 Å². The molecule has 2 heterocycles. The number of nitro groups is 1. The first-order valence-electron chi connectivity index (χ1n) is 10.5. The Morgan fingerprint density at radius 2 is 1.66 bits per heavy atom. The highest BCUT2D eigenvalue weighted by Gasteiger charge is 2.60. The SMILES string of the molecule is COc1cc([C@@H]2[C@H]3C(=O)N(c4ccc(Br)cc4)C(=O)[C@H]3ON2c2ccc([N+](=O)[O-])cc2)ccc1O. The standard InChI is InChI=1S/C24H18BrN3O7/c1-34-19-12-13(2-11-18(19)29)21-20-22(35-27(21)16-7-9-17(10-8-16)28(32)33)24(31)26(23(20)30)15-5-3-14(25)4-6-15/h2-12,20-22,29H,1H3/t20-,21-,22+/m1/s1. The van der Waals surface area contributed by atoms with E-state index in [0.29, 0.717) is 16.9 Å². The lowest BCUT2D eigenvalue weighted by Gasteiger charge is -2.29. The number of nitro benzene ring substituents is 1. The van der Waals surface area contributed by atoms with Gasteiger partial charge in [0, 0.05) is 16.6 Å². The van der Waals surface area contributed by atoms with Crippen molar-refractivity contribution in [2.24, 2.45) is 5.92 Å². The fourth-order valence-electron chi connectivity index (χ4n) is 4.42. The molecule has 0 aromatic heterocycles. The number of carbonyl (C=O) groups excluding carboxylic acids is 2. The van der Waals surface area contributed by atoms with Gasteiger partial charge in [0.15, 0.2) is 17.6 Å². The summed E-state index contributed by atoms with van der Waals surface area (Å²) < 4.78 is 6.04. The number of phenols is 1. The number of nitrogens with zero attached hydrogens (tertiary/aromatic N) is 3. The van der Waals surface area contributed by atoms with Crippen molar-refractivity contribution in [1.29, 1.82) is 0 Å². The molecule has 0 radical (unpaired) electrons. The number of fused-ring (bicyclic) bond motifs is 1. The second kappa shape index (κ2) is 8.67. The molecule has 3 aromatic rings. The zero-order chi connectivity index (χ0) is 24.9. The van der Waals surface area contributed by atoms with E-state index in [1.54, 1.807) is 36.4 Å². The summed E-state index contributed by atoms with van der Waals surface area (Å²) in [5.41, 5.74) is 1.30. The highest BCUT2D eigenvalue weighted by molar-refractivity contribution is 9.10. The summed E-state index contributed by atoms with van der Waals surface area (Å²) in [6.45, 7) is 0. The number of ether oxygens (including phenoxy) is 1. The van der Waals surface area contributed by atoms with Crippen LogP contribution < -0.4 is 14.7 Å². The van der Waals surface area contributed by atoms with E-state index in [9.17, 15) is 24.8 Å². The zero-order valence-electron chi connectivity index (χ0n) is 18.2. The van der Waals surface area contributed by atoms with Crippen LogP contribution in [0.4, 0.5) is 17.1 Å². The Labute approximate surface area is 207 Å². The average Bonchev–Trinajstić information content (AvgIpc) is 3.36. The number of non-ortho nitro benzene ring substituents is 1. The van der Waals surface area contributed by atoms with Crippen LogP contribution in [0, 0.1) is 16.0 Å². The molecule has 0 spiro atoms. The van der Waals surface area contributed by atoms with Gasteiger partial charge in [0.2, 0.25) is 5.91 Å². The van der Waals surface area contributed by atoms with Gasteiger partial charge in [0.05, 0.1) is 29.4 Å². The van der Waals surface area contributed by atoms with Crippen molar-refractivity contribution in [3.63, 3.8) is 0 Å². The maximum atomic E-state index is 13.6. The molecule has 3 aromatic carbocycles. The highest BCUT2D eigenvalue weighted by Crippen LogP contribution is 2.48. The van der Waals surface area contributed by atoms with Gasteiger partial charge in [-0.1, -0.05) is 22.0 Å². The number of hydroxylamine groups is 1. The minimum atomic E-state index is -1.11. The van der Waals surface area contributed by atoms with Crippen LogP contribution in [-0.2, 0) is 14.4 Å². The fourth-order valence-corrected chi connectivity index (χ4v) is 4.69. The van der Waals surface area contributed by atoms with Gasteiger partial charge in [-0.05, 0) is 54.1 Å². The predicted molar refractivity (Wildman–Crippen MR) is 128 cm³/mol. The predicted octanol–water partition coefficient (Wildman–Crippen LogP) is 4.12. The lowest BCUT2D eigenvalue weighted by Crippen LogP contribution is -2.37. The molecule has 0 bridgehead atoms. The summed E-state index contributed by atoms with van der Waals surface area (Å²) in [6, 6.07) is 16.3. The average molecular weight is 540 g/mol. The molecule has 5 rings (SSSR count). The minimum absolute atomic E-state index is 0.0843. The molecule has 2 fully saturated rings. The monoisotopic (exact) mass is 539 g/mol. The molecule has 0 aliphatic carbocycles. The Hall–Kier alpha value is -3.96. The van der Waals surface area contributed by atoms with Crippen molar-refractivity contribution in [2.75, 3.05) is 17.1 Å². The molecule has 2 saturated heterocycles. The topological polar surface area (TPSA) is 122 Å². The molecular weight excluding hydrogens is 522 g/mol. The highest BCUT2D eigenvalue weighted by atomic mass is 79.9. The zero-order valence-corrected chi connectivity index (χ0v) is 19.8. The fraction of sp³-hybridized carbons (Fsp3) is 0.167. The number of anilines is 2. The molecule has 2 aliphatic rings. The van der Waals surface area contributed by atoms with Crippen molar-refractivity contribution >= 4 is 44.8 Å². The van der Waals surface area contributed by atoms with Crippen molar-refractivity contribution in [3.05, 3.63) is 86.9 Å². The number of amides is 2. The molecule has 2 aliphatic heterocycles. The quantitative estimate of drug-likeness (QED) is 0.291. The first kappa shape index (κ1) is 22.8. The molecule has 10 nitrogen and oxygen atoms in total. The number of methoxy groups -OCH3 is 1. The molecule has 0 saturated carbocycles. The molecule has 11 heteroatoms. The van der Waals surface area contributed by atoms with E-state index in [1.165, 1.54) is 42.5 Å². The van der Waals surface area contributed by atoms with Crippen molar-refractivity contribution in [1.82, 2.24) is 0 Å². The van der Waals surface area contributed by atoms with Gasteiger partial charge in [-0.2, -0.15) is 0 Å². The molecule has 2 amide bonds. The summed E-state index contributed by atoms with van der Waals surface area (Å²) in [4.78, 5) is 44.7. The second-order valence-corrected chi connectivity index (χ2v) is 8.93. The summed E-state index contributed by atoms with van der Waals surface area (Å²) in [5, 5.41) is 22.6. The summed E-state index contributed by atoms with van der Waals surface area (Å²) in [5.74, 6) is -1.75. The van der Waals surface area contributed by atoms with Crippen LogP contribution in [0.5, 0.6) is 11.5 Å². The van der Waals surface area contributed by atoms with Gasteiger partial charge >= 0.3 is 0 Å². The summed E-state index contributed by atoms with van der Waals surface area (Å²) in [6.07, 6.45) is -1.11. The number of carbonyl (C=O) groups is 2. The number of hydrogen-bond acceptors (Lipinski definition) is 8. The Morgan fingerprint density at radius 1 is 1.00 bits per heavy atom. The van der Waals surface area contributed by atoms with Gasteiger partial charge in [-0.15, -0.1) is 0 Å². The Bertz CT molecular complexity index is 1330. The molecular formula is C24H18BrN3O7. The third kappa shape index (κ3) is 3.78. The van der Waals surface area contributed by atoms with Gasteiger partial charge in [0.1, 0.15) is 5.92 Å². The first-order valence-corrected chi connectivity index (χ1v) is 11.3. The van der Waals surface area contributed by atoms with Crippen LogP contribution in [0.15, 0.2) is 71.2 Å². The minimum Gasteiger partial charge on any atom is -0.504 e. The lowest BCUT2D eigenvalue weighted by molar-refractivity contribution is -0.384. The van der Waals surface area contributed by atoms with Gasteiger partial charge < -0.3 is 9.84 Å². The van der Waals surface area contributed by atoms with E-state index in [1.807, 2.05) is 0 Å². The van der Waals surface area contributed by atoms with Crippen LogP contribution >= 0.6 is 15.9 Å². The normalized spacial score (nSPS) is 21.4. The maximum absolute atomic E-state index is 13.6. The van der Waals surface area contributed by atoms with Gasteiger partial charge in [-0.3, -0.25) is 24.5 Å². The second-order valence-electron chi connectivity index (χ2n) is 8.02. The molecule has 1 N–H and O–H groups in total. The smallest absolute Gasteiger partial charge is 0.269 e. The number of hydrogen-bond donors (Lipinski definition) is 1. The first-order chi connectivity index (χ1) is 16.8. The van der Waals surface area contributed by atoms with Crippen LogP contribution in [0.3, 0.4) is 0 Å². The van der Waals surface area contributed by atoms with E-state index in [-0.39, 0.29) is 17.2 Å². The van der Waals surface area contributed by atoms with E-state index < -0.39 is 34.8 Å². The van der Waals surface area contributed by atoms with Crippen molar-refractivity contribution in [3.8, 4) is 11.5 Å². The third-order valence-electron chi connectivity index (χ3n) is 6.06. The van der Waals surface area contributed by atoms with Gasteiger partial charge in [-0.25, -0.2) is 9.96 Å². The number of rotatable bonds is 5. The Morgan fingerprint density at radius 3 is 2.29 bits per heavy atom. The lowest BCUT2D eigenvalue weighted by atomic mass is 9.90. The van der Waals surface area contributed by atoms with Gasteiger partial charge in [0.25, 0.3) is 11.6 Å². The third-order valence-corrected chi connectivity index (χ3v) is 6.59. The number of phenolic OH excluding ortho intramolecular Hbond substituents is 1. The Kier molecular flexibility index (Phi) is 5.65. The van der Waals surface area contributed by atoms with Crippen molar-refractivity contribution < 1.29 is 29.2 Å². The Balaban J connectivity index is 1.59. The maximum Gasteiger partial charge on any atom is 0.269 e. The van der Waals surface area contributed by atoms with E-state index >= 15 is 0 Å². The molecule has 0 unspecified atom stereocenters. The molecule has 35 heavy (non-hydrogen) atoms. The summed E-state index contributed by atoms with van der Waals surface area (Å²) in [7, 11) is 1.40. The number of halogens is 1. The van der Waals surface area contributed by atoms with E-state index in [2.05, 4.69) is 15.9 Å². The summed E-state index contributed by atoms with van der Waals surface area (Å²) >= 11 is 3.35. The molecule has 3 atom stereocenters. The van der Waals surface area contributed by atoms with Crippen molar-refractivity contribution in [2.45, 2.75) is 12.1 Å². The van der Waals surface area contributed by atoms with Crippen LogP contribution in [0.25, 0.3) is 0 Å². The van der Waals surface area contributed by atoms with Crippen LogP contribution in [0.1, 0.15) is 11.6 Å². The van der Waals surface area contributed by atoms with Crippen LogP contribution in [-0.4, -0.2) is 35.1 Å². The van der Waals surface area contributed by atoms with E-state index in [4.69, 9.17) is 9.57 Å². The van der Waals surface area contributed by atoms with E-state index in [0.717, 1.165) is 9.37 Å². The largest absolute Gasteiger partial charge is 0.504 e. The number of benzene rings is 3. The number of imide groups is 1. The molecule has 178 valence electrons. The number of aromatic hydroxyl groups is 1.